The van der Waals surface area contributed by atoms with Crippen LogP contribution in [0.25, 0.3) is 11.2 Å². The maximum absolute atomic E-state index is 9.25. The van der Waals surface area contributed by atoms with E-state index >= 15 is 0 Å². The van der Waals surface area contributed by atoms with Crippen molar-refractivity contribution in [2.75, 3.05) is 12.3 Å². The van der Waals surface area contributed by atoms with Gasteiger partial charge >= 0.3 is 0 Å². The lowest BCUT2D eigenvalue weighted by molar-refractivity contribution is -0.0303. The summed E-state index contributed by atoms with van der Waals surface area (Å²) in [6.45, 7) is 1.82. The van der Waals surface area contributed by atoms with Crippen LogP contribution in [-0.4, -0.2) is 37.3 Å². The number of hydrogen-bond donors (Lipinski definition) is 2. The van der Waals surface area contributed by atoms with E-state index in [9.17, 15) is 5.11 Å². The van der Waals surface area contributed by atoms with Crippen molar-refractivity contribution in [3.63, 3.8) is 0 Å². The van der Waals surface area contributed by atoms with Crippen LogP contribution >= 0.6 is 0 Å². The fraction of sp³-hybridized carbons (Fsp3) is 0.500. The van der Waals surface area contributed by atoms with Crippen molar-refractivity contribution in [1.82, 2.24) is 19.5 Å². The second kappa shape index (κ2) is 6.27. The second-order valence-corrected chi connectivity index (χ2v) is 4.51. The van der Waals surface area contributed by atoms with Gasteiger partial charge in [-0.05, 0) is 13.3 Å². The lowest BCUT2D eigenvalue weighted by Crippen LogP contribution is -2.21. The van der Waals surface area contributed by atoms with E-state index in [1.54, 1.807) is 17.8 Å². The summed E-state index contributed by atoms with van der Waals surface area (Å²) in [5.41, 5.74) is 6.78. The maximum atomic E-state index is 9.25. The third-order valence-corrected chi connectivity index (χ3v) is 2.92. The molecule has 2 aromatic heterocycles. The Bertz CT molecular complexity index is 620. The third kappa shape index (κ3) is 3.01. The van der Waals surface area contributed by atoms with Crippen LogP contribution in [0, 0.1) is 17.2 Å². The molecule has 0 saturated carbocycles. The van der Waals surface area contributed by atoms with E-state index in [0.717, 1.165) is 0 Å². The quantitative estimate of drug-likeness (QED) is 0.777. The Morgan fingerprint density at radius 2 is 2.30 bits per heavy atom. The monoisotopic (exact) mass is 276 g/mol. The predicted molar refractivity (Wildman–Crippen MR) is 71.1 cm³/mol. The Morgan fingerprint density at radius 3 is 3.00 bits per heavy atom. The number of aliphatic hydroxyl groups is 1. The summed E-state index contributed by atoms with van der Waals surface area (Å²) < 4.78 is 7.25. The molecule has 3 N–H and O–H groups in total. The number of nitrogens with zero attached hydrogens (tertiary/aromatic N) is 5. The number of nitriles is 1. The van der Waals surface area contributed by atoms with Crippen molar-refractivity contribution in [1.29, 1.82) is 5.26 Å². The number of hydrogen-bond acceptors (Lipinski definition) is 7. The Kier molecular flexibility index (Phi) is 4.45. The molecule has 2 heterocycles. The van der Waals surface area contributed by atoms with Crippen LogP contribution in [0.15, 0.2) is 12.7 Å². The first-order valence-electron chi connectivity index (χ1n) is 6.19. The standard InChI is InChI=1S/C12H16N6O2/c1-8(3-13)2-9(4-19)20-7-18-6-17-10-11(14)15-5-16-12(10)18/h5-6,8-9,19H,2,4,7H2,1H3,(H2,14,15,16). The molecule has 2 unspecified atom stereocenters. The van der Waals surface area contributed by atoms with Crippen LogP contribution in [-0.2, 0) is 11.5 Å². The molecule has 2 aromatic rings. The zero-order chi connectivity index (χ0) is 14.5. The van der Waals surface area contributed by atoms with Crippen LogP contribution in [0.3, 0.4) is 0 Å². The Balaban J connectivity index is 2.05. The average molecular weight is 276 g/mol. The molecule has 20 heavy (non-hydrogen) atoms. The molecule has 0 aliphatic heterocycles. The van der Waals surface area contributed by atoms with E-state index in [2.05, 4.69) is 21.0 Å². The molecule has 0 amide bonds. The van der Waals surface area contributed by atoms with Crippen molar-refractivity contribution in [2.24, 2.45) is 5.92 Å². The van der Waals surface area contributed by atoms with Crippen LogP contribution in [0.1, 0.15) is 13.3 Å². The summed E-state index contributed by atoms with van der Waals surface area (Å²) in [6.07, 6.45) is 2.98. The van der Waals surface area contributed by atoms with Crippen molar-refractivity contribution in [3.8, 4) is 6.07 Å². The fourth-order valence-electron chi connectivity index (χ4n) is 1.82. The second-order valence-electron chi connectivity index (χ2n) is 4.51. The van der Waals surface area contributed by atoms with Crippen LogP contribution < -0.4 is 5.73 Å². The molecular weight excluding hydrogens is 260 g/mol. The molecule has 106 valence electrons. The number of nitrogens with two attached hydrogens (primary N) is 1. The largest absolute Gasteiger partial charge is 0.394 e. The van der Waals surface area contributed by atoms with Crippen molar-refractivity contribution in [3.05, 3.63) is 12.7 Å². The van der Waals surface area contributed by atoms with Crippen molar-refractivity contribution in [2.45, 2.75) is 26.2 Å². The number of aliphatic hydroxyl groups excluding tert-OH is 1. The molecule has 0 fully saturated rings. The SMILES string of the molecule is CC(C#N)CC(CO)OCn1cnc2c(N)ncnc21. The highest BCUT2D eigenvalue weighted by Crippen LogP contribution is 2.15. The van der Waals surface area contributed by atoms with Crippen LogP contribution in [0.5, 0.6) is 0 Å². The maximum Gasteiger partial charge on any atom is 0.167 e. The molecule has 0 aliphatic rings. The molecular formula is C12H16N6O2. The van der Waals surface area contributed by atoms with Gasteiger partial charge in [0.1, 0.15) is 18.6 Å². The Hall–Kier alpha value is -2.24. The minimum absolute atomic E-state index is 0.143. The molecule has 0 saturated heterocycles. The summed E-state index contributed by atoms with van der Waals surface area (Å²) in [5, 5.41) is 18.0. The average Bonchev–Trinajstić information content (AvgIpc) is 2.87. The summed E-state index contributed by atoms with van der Waals surface area (Å²) in [4.78, 5) is 12.1. The zero-order valence-corrected chi connectivity index (χ0v) is 11.1. The van der Waals surface area contributed by atoms with E-state index in [1.807, 2.05) is 0 Å². The molecule has 0 radical (unpaired) electrons. The van der Waals surface area contributed by atoms with Gasteiger partial charge in [0, 0.05) is 5.92 Å². The van der Waals surface area contributed by atoms with E-state index < -0.39 is 6.10 Å². The molecule has 0 spiro atoms. The van der Waals surface area contributed by atoms with Gasteiger partial charge in [0.2, 0.25) is 0 Å². The van der Waals surface area contributed by atoms with Gasteiger partial charge in [-0.25, -0.2) is 15.0 Å². The van der Waals surface area contributed by atoms with Crippen molar-refractivity contribution >= 4 is 17.0 Å². The summed E-state index contributed by atoms with van der Waals surface area (Å²) in [5.74, 6) is 0.134. The highest BCUT2D eigenvalue weighted by Gasteiger charge is 2.14. The first-order valence-corrected chi connectivity index (χ1v) is 6.19. The Labute approximate surface area is 115 Å². The summed E-state index contributed by atoms with van der Waals surface area (Å²) in [7, 11) is 0. The highest BCUT2D eigenvalue weighted by atomic mass is 16.5. The predicted octanol–water partition coefficient (Wildman–Crippen LogP) is 0.293. The smallest absolute Gasteiger partial charge is 0.167 e. The number of imidazole rings is 1. The number of aromatic nitrogens is 4. The van der Waals surface area contributed by atoms with Crippen molar-refractivity contribution < 1.29 is 9.84 Å². The van der Waals surface area contributed by atoms with E-state index in [1.165, 1.54) is 6.33 Å². The Morgan fingerprint density at radius 1 is 1.50 bits per heavy atom. The lowest BCUT2D eigenvalue weighted by Gasteiger charge is -2.16. The number of nitrogen functional groups attached to an aromatic ring is 1. The topological polar surface area (TPSA) is 123 Å². The first kappa shape index (κ1) is 14.2. The number of ether oxygens (including phenoxy) is 1. The van der Waals surface area contributed by atoms with E-state index in [0.29, 0.717) is 23.4 Å². The lowest BCUT2D eigenvalue weighted by atomic mass is 10.1. The van der Waals surface area contributed by atoms with Gasteiger partial charge in [0.25, 0.3) is 0 Å². The molecule has 8 nitrogen and oxygen atoms in total. The third-order valence-electron chi connectivity index (χ3n) is 2.92. The van der Waals surface area contributed by atoms with E-state index in [-0.39, 0.29) is 19.3 Å². The molecule has 0 aliphatic carbocycles. The van der Waals surface area contributed by atoms with Gasteiger partial charge < -0.3 is 15.6 Å². The summed E-state index contributed by atoms with van der Waals surface area (Å²) in [6, 6.07) is 2.11. The van der Waals surface area contributed by atoms with Gasteiger partial charge in [-0.2, -0.15) is 5.26 Å². The normalized spacial score (nSPS) is 14.1. The molecule has 8 heteroatoms. The highest BCUT2D eigenvalue weighted by molar-refractivity contribution is 5.80. The number of fused-ring (bicyclic) bond motifs is 1. The summed E-state index contributed by atoms with van der Waals surface area (Å²) >= 11 is 0. The molecule has 0 aromatic carbocycles. The molecule has 2 atom stereocenters. The first-order chi connectivity index (χ1) is 9.65. The van der Waals surface area contributed by atoms with E-state index in [4.69, 9.17) is 15.7 Å². The molecule has 0 bridgehead atoms. The van der Waals surface area contributed by atoms with Gasteiger partial charge in [-0.15, -0.1) is 0 Å². The minimum Gasteiger partial charge on any atom is -0.394 e. The van der Waals surface area contributed by atoms with Gasteiger partial charge in [0.15, 0.2) is 11.5 Å². The minimum atomic E-state index is -0.402. The zero-order valence-electron chi connectivity index (χ0n) is 11.1. The number of rotatable bonds is 6. The van der Waals surface area contributed by atoms with Crippen LogP contribution in [0.4, 0.5) is 5.82 Å². The van der Waals surface area contributed by atoms with Gasteiger partial charge in [-0.1, -0.05) is 0 Å². The molecule has 2 rings (SSSR count). The van der Waals surface area contributed by atoms with Crippen LogP contribution in [0.2, 0.25) is 0 Å². The van der Waals surface area contributed by atoms with Gasteiger partial charge in [0.05, 0.1) is 25.1 Å². The fourth-order valence-corrected chi connectivity index (χ4v) is 1.82. The number of anilines is 1. The van der Waals surface area contributed by atoms with Gasteiger partial charge in [-0.3, -0.25) is 4.57 Å².